The largest absolute Gasteiger partial charge is 0.314 e. The minimum absolute atomic E-state index is 0.174. The average Bonchev–Trinajstić information content (AvgIpc) is 2.32. The van der Waals surface area contributed by atoms with Gasteiger partial charge in [-0.25, -0.2) is 9.37 Å². The molecule has 94 valence electrons. The molecule has 0 radical (unpaired) electrons. The summed E-state index contributed by atoms with van der Waals surface area (Å²) in [5.74, 6) is 0.309. The molecule has 5 heteroatoms. The summed E-state index contributed by atoms with van der Waals surface area (Å²) in [5, 5.41) is 2.94. The second-order valence-corrected chi connectivity index (χ2v) is 4.02. The highest BCUT2D eigenvalue weighted by atomic mass is 19.1. The molecule has 0 amide bonds. The number of rotatable bonds is 4. The lowest BCUT2D eigenvalue weighted by atomic mass is 10.1. The summed E-state index contributed by atoms with van der Waals surface area (Å²) in [6.45, 7) is 0.542. The molecule has 2 aromatic rings. The van der Waals surface area contributed by atoms with Crippen molar-refractivity contribution >= 4 is 0 Å². The SMILES string of the molecule is CNCc1cc(=O)[nH]c(Cc2ccc(F)cc2)n1. The molecule has 0 saturated carbocycles. The smallest absolute Gasteiger partial charge is 0.251 e. The first-order chi connectivity index (χ1) is 8.67. The number of benzene rings is 1. The predicted octanol–water partition coefficient (Wildman–Crippen LogP) is 1.22. The van der Waals surface area contributed by atoms with Crippen LogP contribution in [0.2, 0.25) is 0 Å². The van der Waals surface area contributed by atoms with E-state index in [0.29, 0.717) is 24.5 Å². The van der Waals surface area contributed by atoms with Crippen LogP contribution in [0.25, 0.3) is 0 Å². The van der Waals surface area contributed by atoms with Crippen molar-refractivity contribution < 1.29 is 4.39 Å². The van der Waals surface area contributed by atoms with Gasteiger partial charge in [0.1, 0.15) is 11.6 Å². The lowest BCUT2D eigenvalue weighted by molar-refractivity contribution is 0.627. The van der Waals surface area contributed by atoms with Crippen molar-refractivity contribution in [1.82, 2.24) is 15.3 Å². The van der Waals surface area contributed by atoms with E-state index in [9.17, 15) is 9.18 Å². The standard InChI is InChI=1S/C13H14FN3O/c1-15-8-11-7-13(18)17-12(16-11)6-9-2-4-10(14)5-3-9/h2-5,7,15H,6,8H2,1H3,(H,16,17,18). The van der Waals surface area contributed by atoms with Gasteiger partial charge in [0, 0.05) is 19.0 Å². The molecule has 4 nitrogen and oxygen atoms in total. The second kappa shape index (κ2) is 5.55. The average molecular weight is 247 g/mol. The molecule has 1 heterocycles. The molecule has 0 fully saturated rings. The molecule has 1 aromatic carbocycles. The summed E-state index contributed by atoms with van der Waals surface area (Å²) in [7, 11) is 1.79. The maximum absolute atomic E-state index is 12.8. The van der Waals surface area contributed by atoms with Gasteiger partial charge < -0.3 is 10.3 Å². The summed E-state index contributed by atoms with van der Waals surface area (Å²) < 4.78 is 12.8. The van der Waals surface area contributed by atoms with Gasteiger partial charge in [-0.05, 0) is 24.7 Å². The molecule has 0 aliphatic rings. The van der Waals surface area contributed by atoms with Crippen LogP contribution in [-0.4, -0.2) is 17.0 Å². The van der Waals surface area contributed by atoms with Crippen LogP contribution < -0.4 is 10.9 Å². The molecule has 0 aliphatic heterocycles. The van der Waals surface area contributed by atoms with E-state index < -0.39 is 0 Å². The van der Waals surface area contributed by atoms with Gasteiger partial charge in [-0.3, -0.25) is 4.79 Å². The van der Waals surface area contributed by atoms with E-state index in [1.165, 1.54) is 18.2 Å². The van der Waals surface area contributed by atoms with Crippen LogP contribution >= 0.6 is 0 Å². The third-order valence-corrected chi connectivity index (χ3v) is 2.49. The summed E-state index contributed by atoms with van der Waals surface area (Å²) in [6, 6.07) is 7.61. The van der Waals surface area contributed by atoms with Gasteiger partial charge in [-0.2, -0.15) is 0 Å². The summed E-state index contributed by atoms with van der Waals surface area (Å²) in [5.41, 5.74) is 1.42. The van der Waals surface area contributed by atoms with Crippen molar-refractivity contribution in [3.63, 3.8) is 0 Å². The molecule has 0 unspecified atom stereocenters. The van der Waals surface area contributed by atoms with Crippen molar-refractivity contribution in [3.05, 3.63) is 63.6 Å². The van der Waals surface area contributed by atoms with E-state index in [2.05, 4.69) is 15.3 Å². The summed E-state index contributed by atoms with van der Waals surface area (Å²) >= 11 is 0. The van der Waals surface area contributed by atoms with E-state index in [0.717, 1.165) is 5.56 Å². The van der Waals surface area contributed by atoms with Gasteiger partial charge in [0.25, 0.3) is 5.56 Å². The fourth-order valence-electron chi connectivity index (χ4n) is 1.71. The Morgan fingerprint density at radius 1 is 1.33 bits per heavy atom. The molecule has 2 N–H and O–H groups in total. The molecule has 0 bridgehead atoms. The number of nitrogens with one attached hydrogen (secondary N) is 2. The highest BCUT2D eigenvalue weighted by molar-refractivity contribution is 5.20. The number of aromatic amines is 1. The van der Waals surface area contributed by atoms with Gasteiger partial charge in [0.05, 0.1) is 5.69 Å². The number of halogens is 1. The quantitative estimate of drug-likeness (QED) is 0.854. The minimum Gasteiger partial charge on any atom is -0.314 e. The Kier molecular flexibility index (Phi) is 3.84. The van der Waals surface area contributed by atoms with Crippen molar-refractivity contribution in [2.45, 2.75) is 13.0 Å². The van der Waals surface area contributed by atoms with Crippen LogP contribution in [0, 0.1) is 5.82 Å². The molecule has 0 atom stereocenters. The zero-order valence-electron chi connectivity index (χ0n) is 10.0. The van der Waals surface area contributed by atoms with Crippen LogP contribution in [0.15, 0.2) is 35.1 Å². The number of H-pyrrole nitrogens is 1. The van der Waals surface area contributed by atoms with Crippen LogP contribution in [0.5, 0.6) is 0 Å². The van der Waals surface area contributed by atoms with E-state index >= 15 is 0 Å². The van der Waals surface area contributed by atoms with Crippen molar-refractivity contribution in [2.24, 2.45) is 0 Å². The minimum atomic E-state index is -0.274. The monoisotopic (exact) mass is 247 g/mol. The molecule has 0 saturated heterocycles. The normalized spacial score (nSPS) is 10.6. The van der Waals surface area contributed by atoms with Crippen LogP contribution in [0.3, 0.4) is 0 Å². The maximum Gasteiger partial charge on any atom is 0.251 e. The molecule has 18 heavy (non-hydrogen) atoms. The molecule has 1 aromatic heterocycles. The number of hydrogen-bond donors (Lipinski definition) is 2. The lowest BCUT2D eigenvalue weighted by Crippen LogP contribution is -2.16. The van der Waals surface area contributed by atoms with Gasteiger partial charge in [-0.1, -0.05) is 12.1 Å². The van der Waals surface area contributed by atoms with E-state index in [1.54, 1.807) is 19.2 Å². The van der Waals surface area contributed by atoms with Gasteiger partial charge >= 0.3 is 0 Å². The topological polar surface area (TPSA) is 57.8 Å². The van der Waals surface area contributed by atoms with Gasteiger partial charge in [0.15, 0.2) is 0 Å². The molecule has 0 aliphatic carbocycles. The Hall–Kier alpha value is -2.01. The molecular formula is C13H14FN3O. The van der Waals surface area contributed by atoms with E-state index in [4.69, 9.17) is 0 Å². The van der Waals surface area contributed by atoms with Crippen molar-refractivity contribution in [1.29, 1.82) is 0 Å². The lowest BCUT2D eigenvalue weighted by Gasteiger charge is -2.04. The highest BCUT2D eigenvalue weighted by Crippen LogP contribution is 2.06. The zero-order chi connectivity index (χ0) is 13.0. The zero-order valence-corrected chi connectivity index (χ0v) is 10.0. The Bertz CT molecular complexity index is 578. The number of aromatic nitrogens is 2. The van der Waals surface area contributed by atoms with Crippen molar-refractivity contribution in [2.75, 3.05) is 7.05 Å². The number of hydrogen-bond acceptors (Lipinski definition) is 3. The third kappa shape index (κ3) is 3.24. The number of nitrogens with zero attached hydrogens (tertiary/aromatic N) is 1. The van der Waals surface area contributed by atoms with Crippen molar-refractivity contribution in [3.8, 4) is 0 Å². The molecule has 0 spiro atoms. The first-order valence-electron chi connectivity index (χ1n) is 5.65. The van der Waals surface area contributed by atoms with Gasteiger partial charge in [0.2, 0.25) is 0 Å². The Morgan fingerprint density at radius 2 is 2.06 bits per heavy atom. The van der Waals surface area contributed by atoms with Gasteiger partial charge in [-0.15, -0.1) is 0 Å². The first-order valence-corrected chi connectivity index (χ1v) is 5.65. The Morgan fingerprint density at radius 3 is 2.72 bits per heavy atom. The summed E-state index contributed by atoms with van der Waals surface area (Å²) in [4.78, 5) is 18.5. The molecule has 2 rings (SSSR count). The second-order valence-electron chi connectivity index (χ2n) is 4.02. The highest BCUT2D eigenvalue weighted by Gasteiger charge is 2.02. The van der Waals surface area contributed by atoms with Crippen LogP contribution in [-0.2, 0) is 13.0 Å². The first kappa shape index (κ1) is 12.4. The summed E-state index contributed by atoms with van der Waals surface area (Å²) in [6.07, 6.45) is 0.479. The maximum atomic E-state index is 12.8. The fourth-order valence-corrected chi connectivity index (χ4v) is 1.71. The van der Waals surface area contributed by atoms with Crippen LogP contribution in [0.1, 0.15) is 17.1 Å². The molecular weight excluding hydrogens is 233 g/mol. The van der Waals surface area contributed by atoms with Crippen LogP contribution in [0.4, 0.5) is 4.39 Å². The van der Waals surface area contributed by atoms with E-state index in [1.807, 2.05) is 0 Å². The third-order valence-electron chi connectivity index (χ3n) is 2.49. The Balaban J connectivity index is 2.23. The van der Waals surface area contributed by atoms with E-state index in [-0.39, 0.29) is 11.4 Å². The Labute approximate surface area is 104 Å². The predicted molar refractivity (Wildman–Crippen MR) is 66.8 cm³/mol. The fraction of sp³-hybridized carbons (Fsp3) is 0.231.